The first-order valence-electron chi connectivity index (χ1n) is 17.1. The number of halogens is 1. The van der Waals surface area contributed by atoms with Crippen LogP contribution in [-0.2, 0) is 15.8 Å². The van der Waals surface area contributed by atoms with Crippen LogP contribution in [0.2, 0.25) is 18.6 Å². The van der Waals surface area contributed by atoms with Crippen LogP contribution < -0.4 is 0 Å². The van der Waals surface area contributed by atoms with Crippen molar-refractivity contribution in [3.63, 3.8) is 0 Å². The normalized spacial score (nSPS) is 13.2. The number of nitrogens with zero attached hydrogens (tertiary/aromatic N) is 4. The van der Waals surface area contributed by atoms with Gasteiger partial charge in [-0.05, 0) is 122 Å². The summed E-state index contributed by atoms with van der Waals surface area (Å²) >= 11 is 3.50. The van der Waals surface area contributed by atoms with E-state index in [0.717, 1.165) is 11.1 Å². The second-order valence-corrected chi connectivity index (χ2v) is 21.3. The second-order valence-electron chi connectivity index (χ2n) is 15.7. The van der Waals surface area contributed by atoms with Crippen LogP contribution in [0.5, 0.6) is 0 Å². The molecule has 0 aromatic heterocycles. The van der Waals surface area contributed by atoms with Crippen LogP contribution in [0, 0.1) is 28.1 Å². The average Bonchev–Trinajstić information content (AvgIpc) is 3.03. The third-order valence-corrected chi connectivity index (χ3v) is 13.0. The number of rotatable bonds is 11. The molecule has 2 amide bonds. The number of carbonyl (C=O) groups excluding carboxylic acids is 1. The van der Waals surface area contributed by atoms with Crippen LogP contribution in [0.25, 0.3) is 11.1 Å². The van der Waals surface area contributed by atoms with Gasteiger partial charge in [-0.15, -0.1) is 0 Å². The summed E-state index contributed by atoms with van der Waals surface area (Å²) in [5, 5.41) is 31.3. The highest BCUT2D eigenvalue weighted by Crippen LogP contribution is 2.45. The maximum absolute atomic E-state index is 14.0. The maximum Gasteiger partial charge on any atom is 0.412 e. The Morgan fingerprint density at radius 3 is 2.04 bits per heavy atom. The molecular formula is C40H51BrN4O5Si. The van der Waals surface area contributed by atoms with Gasteiger partial charge in [0.25, 0.3) is 0 Å². The van der Waals surface area contributed by atoms with Crippen molar-refractivity contribution in [3.05, 3.63) is 93.0 Å². The Kier molecular flexibility index (Phi) is 13.3. The molecule has 0 aliphatic heterocycles. The minimum atomic E-state index is -1.91. The highest BCUT2D eigenvalue weighted by Gasteiger charge is 2.44. The van der Waals surface area contributed by atoms with Gasteiger partial charge in [-0.25, -0.2) is 9.59 Å². The summed E-state index contributed by atoms with van der Waals surface area (Å²) in [6.45, 7) is 22.0. The molecule has 0 bridgehead atoms. The Morgan fingerprint density at radius 2 is 1.51 bits per heavy atom. The first kappa shape index (κ1) is 41.3. The van der Waals surface area contributed by atoms with E-state index >= 15 is 0 Å². The lowest BCUT2D eigenvalue weighted by Crippen LogP contribution is -2.51. The number of nitriles is 2. The summed E-state index contributed by atoms with van der Waals surface area (Å²) in [6.07, 6.45) is -3.23. The molecule has 0 spiro atoms. The number of carboxylic acid groups (broad SMARTS) is 1. The quantitative estimate of drug-likeness (QED) is 0.152. The zero-order valence-corrected chi connectivity index (χ0v) is 34.3. The van der Waals surface area contributed by atoms with Crippen molar-refractivity contribution < 1.29 is 23.9 Å². The molecule has 0 radical (unpaired) electrons. The molecule has 0 aliphatic carbocycles. The summed E-state index contributed by atoms with van der Waals surface area (Å²) in [7, 11) is -1.91. The molecule has 51 heavy (non-hydrogen) atoms. The average molecular weight is 776 g/mol. The summed E-state index contributed by atoms with van der Waals surface area (Å²) < 4.78 is 12.9. The molecule has 0 fully saturated rings. The lowest BCUT2D eigenvalue weighted by atomic mass is 9.80. The number of hydrogen-bond acceptors (Lipinski definition) is 6. The molecule has 3 aromatic carbocycles. The monoisotopic (exact) mass is 774 g/mol. The van der Waals surface area contributed by atoms with E-state index in [1.165, 1.54) is 9.80 Å². The minimum Gasteiger partial charge on any atom is -0.465 e. The zero-order chi connectivity index (χ0) is 38.5. The fourth-order valence-electron chi connectivity index (χ4n) is 5.79. The van der Waals surface area contributed by atoms with Crippen molar-refractivity contribution in [2.24, 2.45) is 5.41 Å². The van der Waals surface area contributed by atoms with E-state index in [1.54, 1.807) is 58.0 Å². The van der Waals surface area contributed by atoms with Gasteiger partial charge in [0.2, 0.25) is 0 Å². The van der Waals surface area contributed by atoms with Gasteiger partial charge in [0.1, 0.15) is 11.8 Å². The molecule has 0 heterocycles. The van der Waals surface area contributed by atoms with Crippen molar-refractivity contribution in [2.45, 2.75) is 105 Å². The minimum absolute atomic E-state index is 0.0939. The molecule has 3 aromatic rings. The van der Waals surface area contributed by atoms with Crippen molar-refractivity contribution in [3.8, 4) is 23.3 Å². The lowest BCUT2D eigenvalue weighted by molar-refractivity contribution is -0.0321. The molecule has 9 nitrogen and oxygen atoms in total. The van der Waals surface area contributed by atoms with Gasteiger partial charge >= 0.3 is 12.2 Å². The lowest BCUT2D eigenvalue weighted by Gasteiger charge is -2.46. The van der Waals surface area contributed by atoms with E-state index in [-0.39, 0.29) is 6.54 Å². The van der Waals surface area contributed by atoms with Crippen LogP contribution >= 0.6 is 15.9 Å². The van der Waals surface area contributed by atoms with E-state index in [2.05, 4.69) is 55.0 Å². The third kappa shape index (κ3) is 10.7. The molecule has 1 N–H and O–H groups in total. The Morgan fingerprint density at radius 1 is 0.902 bits per heavy atom. The standard InChI is InChI=1S/C40H51BrN4O5Si/c1-12-44(38(48)50-40(7,8)9)36(45(37(46)47)35(39(4,5)6)32-18-29(24-43)20-34(41)22-32)33-19-28(23-42)17-31(21-33)30-15-13-14-27(16-30)25-49-51(10,11)26(2)3/h13-22,26,35-36H,12,25H2,1-11H3,(H,46,47). The summed E-state index contributed by atoms with van der Waals surface area (Å²) in [6, 6.07) is 21.8. The molecule has 0 saturated carbocycles. The first-order valence-corrected chi connectivity index (χ1v) is 20.9. The largest absolute Gasteiger partial charge is 0.465 e. The van der Waals surface area contributed by atoms with Crippen LogP contribution in [0.4, 0.5) is 9.59 Å². The second kappa shape index (κ2) is 16.5. The van der Waals surface area contributed by atoms with Gasteiger partial charge in [-0.3, -0.25) is 9.80 Å². The number of benzene rings is 3. The van der Waals surface area contributed by atoms with Crippen molar-refractivity contribution in [2.75, 3.05) is 6.54 Å². The number of hydrogen-bond donors (Lipinski definition) is 1. The Balaban J connectivity index is 2.36. The summed E-state index contributed by atoms with van der Waals surface area (Å²) in [4.78, 5) is 30.3. The summed E-state index contributed by atoms with van der Waals surface area (Å²) in [5.41, 5.74) is 2.96. The summed E-state index contributed by atoms with van der Waals surface area (Å²) in [5.74, 6) is 0. The van der Waals surface area contributed by atoms with Gasteiger partial charge in [-0.1, -0.05) is 68.7 Å². The predicted molar refractivity (Wildman–Crippen MR) is 206 cm³/mol. The van der Waals surface area contributed by atoms with Crippen LogP contribution in [0.1, 0.15) is 102 Å². The fraction of sp³-hybridized carbons (Fsp3) is 0.450. The van der Waals surface area contributed by atoms with Crippen molar-refractivity contribution in [1.29, 1.82) is 10.5 Å². The molecular weight excluding hydrogens is 724 g/mol. The van der Waals surface area contributed by atoms with Gasteiger partial charge < -0.3 is 14.3 Å². The smallest absolute Gasteiger partial charge is 0.412 e. The van der Waals surface area contributed by atoms with Gasteiger partial charge in [-0.2, -0.15) is 10.5 Å². The van der Waals surface area contributed by atoms with E-state index in [4.69, 9.17) is 9.16 Å². The van der Waals surface area contributed by atoms with Crippen molar-refractivity contribution >= 4 is 36.4 Å². The predicted octanol–water partition coefficient (Wildman–Crippen LogP) is 11.0. The molecule has 0 saturated heterocycles. The van der Waals surface area contributed by atoms with Gasteiger partial charge in [0.15, 0.2) is 8.32 Å². The molecule has 2 unspecified atom stereocenters. The van der Waals surface area contributed by atoms with E-state index < -0.39 is 43.7 Å². The molecule has 272 valence electrons. The van der Waals surface area contributed by atoms with Crippen LogP contribution in [0.15, 0.2) is 65.1 Å². The fourth-order valence-corrected chi connectivity index (χ4v) is 7.17. The number of carbonyl (C=O) groups is 2. The van der Waals surface area contributed by atoms with Crippen LogP contribution in [-0.4, -0.2) is 47.6 Å². The highest BCUT2D eigenvalue weighted by atomic mass is 79.9. The highest BCUT2D eigenvalue weighted by molar-refractivity contribution is 9.10. The first-order chi connectivity index (χ1) is 23.6. The maximum atomic E-state index is 14.0. The molecule has 2 atom stereocenters. The molecule has 0 aliphatic rings. The molecule has 3 rings (SSSR count). The third-order valence-electron chi connectivity index (χ3n) is 8.86. The number of ether oxygens (including phenoxy) is 1. The Hall–Kier alpha value is -4.16. The van der Waals surface area contributed by atoms with Crippen molar-refractivity contribution in [1.82, 2.24) is 9.80 Å². The number of amides is 2. The zero-order valence-electron chi connectivity index (χ0n) is 31.7. The Labute approximate surface area is 313 Å². The SMILES string of the molecule is CCN(C(=O)OC(C)(C)C)C(c1cc(C#N)cc(-c2cccc(CO[Si](C)(C)C(C)C)c2)c1)N(C(=O)O)C(c1cc(Br)cc(C#N)c1)C(C)(C)C. The van der Waals surface area contributed by atoms with Crippen LogP contribution in [0.3, 0.4) is 0 Å². The van der Waals surface area contributed by atoms with Gasteiger partial charge in [0, 0.05) is 11.0 Å². The van der Waals surface area contributed by atoms with Gasteiger partial charge in [0.05, 0.1) is 35.9 Å². The Bertz CT molecular complexity index is 1820. The molecule has 11 heteroatoms. The van der Waals surface area contributed by atoms with E-state index in [0.29, 0.717) is 44.4 Å². The van der Waals surface area contributed by atoms with E-state index in [1.807, 2.05) is 51.1 Å². The topological polar surface area (TPSA) is 127 Å². The van der Waals surface area contributed by atoms with E-state index in [9.17, 15) is 25.2 Å².